The first-order valence-electron chi connectivity index (χ1n) is 5.86. The normalized spacial score (nSPS) is 16.6. The fraction of sp³-hybridized carbons (Fsp3) is 0.462. The van der Waals surface area contributed by atoms with Crippen molar-refractivity contribution in [3.63, 3.8) is 0 Å². The summed E-state index contributed by atoms with van der Waals surface area (Å²) in [5.41, 5.74) is 0.794. The molecule has 1 aliphatic rings. The molecule has 0 unspecified atom stereocenters. The number of halogens is 1. The van der Waals surface area contributed by atoms with Crippen LogP contribution in [0, 0.1) is 6.92 Å². The molecule has 4 nitrogen and oxygen atoms in total. The average molecular weight is 271 g/mol. The third kappa shape index (κ3) is 2.94. The highest BCUT2D eigenvalue weighted by molar-refractivity contribution is 6.31. The number of ether oxygens (including phenoxy) is 2. The third-order valence-corrected chi connectivity index (χ3v) is 3.24. The van der Waals surface area contributed by atoms with Crippen LogP contribution in [0.5, 0.6) is 5.75 Å². The van der Waals surface area contributed by atoms with Gasteiger partial charge in [0.1, 0.15) is 11.9 Å². The summed E-state index contributed by atoms with van der Waals surface area (Å²) in [5.74, 6) is -0.446. The SMILES string of the molecule is Cc1c(OC2CCOCC2)cc(Cl)cc1C(=O)O. The Morgan fingerprint density at radius 1 is 1.44 bits per heavy atom. The summed E-state index contributed by atoms with van der Waals surface area (Å²) in [7, 11) is 0. The lowest BCUT2D eigenvalue weighted by Crippen LogP contribution is -2.26. The Kier molecular flexibility index (Phi) is 4.09. The molecule has 0 amide bonds. The second-order valence-electron chi connectivity index (χ2n) is 4.31. The Morgan fingerprint density at radius 3 is 2.72 bits per heavy atom. The molecule has 1 N–H and O–H groups in total. The molecule has 1 aromatic carbocycles. The van der Waals surface area contributed by atoms with E-state index in [0.29, 0.717) is 29.5 Å². The van der Waals surface area contributed by atoms with Gasteiger partial charge in [-0.25, -0.2) is 4.79 Å². The molecule has 0 atom stereocenters. The van der Waals surface area contributed by atoms with Gasteiger partial charge in [0.15, 0.2) is 0 Å². The number of rotatable bonds is 3. The van der Waals surface area contributed by atoms with Gasteiger partial charge in [-0.3, -0.25) is 0 Å². The van der Waals surface area contributed by atoms with E-state index in [1.54, 1.807) is 13.0 Å². The zero-order chi connectivity index (χ0) is 13.1. The highest BCUT2D eigenvalue weighted by Gasteiger charge is 2.19. The summed E-state index contributed by atoms with van der Waals surface area (Å²) >= 11 is 5.92. The summed E-state index contributed by atoms with van der Waals surface area (Å²) in [6.45, 7) is 3.08. The highest BCUT2D eigenvalue weighted by Crippen LogP contribution is 2.29. The van der Waals surface area contributed by atoms with E-state index < -0.39 is 5.97 Å². The van der Waals surface area contributed by atoms with Crippen LogP contribution in [-0.2, 0) is 4.74 Å². The summed E-state index contributed by atoms with van der Waals surface area (Å²) in [6, 6.07) is 3.11. The number of carboxylic acids is 1. The molecule has 0 aliphatic carbocycles. The smallest absolute Gasteiger partial charge is 0.336 e. The van der Waals surface area contributed by atoms with Gasteiger partial charge in [0.25, 0.3) is 0 Å². The molecule has 0 radical (unpaired) electrons. The first-order chi connectivity index (χ1) is 8.58. The number of carboxylic acid groups (broad SMARTS) is 1. The second kappa shape index (κ2) is 5.59. The molecule has 1 fully saturated rings. The maximum atomic E-state index is 11.1. The van der Waals surface area contributed by atoms with Crippen LogP contribution < -0.4 is 4.74 Å². The van der Waals surface area contributed by atoms with Gasteiger partial charge in [-0.2, -0.15) is 0 Å². The molecule has 0 saturated carbocycles. The van der Waals surface area contributed by atoms with E-state index in [1.807, 2.05) is 0 Å². The summed E-state index contributed by atoms with van der Waals surface area (Å²) in [6.07, 6.45) is 1.69. The van der Waals surface area contributed by atoms with Gasteiger partial charge >= 0.3 is 5.97 Å². The van der Waals surface area contributed by atoms with Gasteiger partial charge in [-0.05, 0) is 19.1 Å². The maximum absolute atomic E-state index is 11.1. The monoisotopic (exact) mass is 270 g/mol. The van der Waals surface area contributed by atoms with Crippen molar-refractivity contribution >= 4 is 17.6 Å². The van der Waals surface area contributed by atoms with Gasteiger partial charge in [0, 0.05) is 23.4 Å². The predicted octanol–water partition coefficient (Wildman–Crippen LogP) is 2.90. The minimum absolute atomic E-state index is 0.0672. The van der Waals surface area contributed by atoms with Crippen LogP contribution in [0.25, 0.3) is 0 Å². The molecule has 1 aliphatic heterocycles. The molecule has 18 heavy (non-hydrogen) atoms. The zero-order valence-electron chi connectivity index (χ0n) is 10.1. The van der Waals surface area contributed by atoms with Gasteiger partial charge in [0.2, 0.25) is 0 Å². The van der Waals surface area contributed by atoms with Crippen LogP contribution in [0.15, 0.2) is 12.1 Å². The molecular formula is C13H15ClO4. The Bertz CT molecular complexity index is 453. The molecule has 1 aromatic rings. The standard InChI is InChI=1S/C13H15ClO4/c1-8-11(13(15)16)6-9(14)7-12(8)18-10-2-4-17-5-3-10/h6-7,10H,2-5H2,1H3,(H,15,16). The van der Waals surface area contributed by atoms with E-state index >= 15 is 0 Å². The van der Waals surface area contributed by atoms with Crippen molar-refractivity contribution in [2.45, 2.75) is 25.9 Å². The maximum Gasteiger partial charge on any atom is 0.336 e. The number of carbonyl (C=O) groups is 1. The van der Waals surface area contributed by atoms with E-state index in [1.165, 1.54) is 6.07 Å². The molecule has 0 bridgehead atoms. The van der Waals surface area contributed by atoms with Crippen molar-refractivity contribution in [1.29, 1.82) is 0 Å². The lowest BCUT2D eigenvalue weighted by molar-refractivity contribution is 0.0252. The number of hydrogen-bond donors (Lipinski definition) is 1. The van der Waals surface area contributed by atoms with Crippen molar-refractivity contribution in [2.24, 2.45) is 0 Å². The summed E-state index contributed by atoms with van der Waals surface area (Å²) < 4.78 is 11.1. The van der Waals surface area contributed by atoms with Crippen LogP contribution >= 0.6 is 11.6 Å². The lowest BCUT2D eigenvalue weighted by atomic mass is 10.1. The fourth-order valence-electron chi connectivity index (χ4n) is 1.97. The molecule has 0 aromatic heterocycles. The Labute approximate surface area is 110 Å². The lowest BCUT2D eigenvalue weighted by Gasteiger charge is -2.24. The van der Waals surface area contributed by atoms with Crippen molar-refractivity contribution in [3.05, 3.63) is 28.3 Å². The molecule has 0 spiro atoms. The van der Waals surface area contributed by atoms with Crippen LogP contribution in [-0.4, -0.2) is 30.4 Å². The predicted molar refractivity (Wildman–Crippen MR) is 67.6 cm³/mol. The number of hydrogen-bond acceptors (Lipinski definition) is 3. The van der Waals surface area contributed by atoms with E-state index in [-0.39, 0.29) is 11.7 Å². The van der Waals surface area contributed by atoms with Gasteiger partial charge < -0.3 is 14.6 Å². The van der Waals surface area contributed by atoms with E-state index in [2.05, 4.69) is 0 Å². The average Bonchev–Trinajstić information content (AvgIpc) is 2.34. The van der Waals surface area contributed by atoms with Crippen LogP contribution in [0.1, 0.15) is 28.8 Å². The fourth-order valence-corrected chi connectivity index (χ4v) is 2.18. The van der Waals surface area contributed by atoms with Crippen molar-refractivity contribution in [2.75, 3.05) is 13.2 Å². The van der Waals surface area contributed by atoms with Crippen LogP contribution in [0.2, 0.25) is 5.02 Å². The highest BCUT2D eigenvalue weighted by atomic mass is 35.5. The Balaban J connectivity index is 2.23. The molecule has 1 saturated heterocycles. The minimum Gasteiger partial charge on any atom is -0.490 e. The van der Waals surface area contributed by atoms with Crippen molar-refractivity contribution in [3.8, 4) is 5.75 Å². The van der Waals surface area contributed by atoms with Crippen LogP contribution in [0.3, 0.4) is 0 Å². The first-order valence-corrected chi connectivity index (χ1v) is 6.23. The molecule has 5 heteroatoms. The minimum atomic E-state index is -0.994. The van der Waals surface area contributed by atoms with Gasteiger partial charge in [-0.1, -0.05) is 11.6 Å². The Hall–Kier alpha value is -1.26. The zero-order valence-corrected chi connectivity index (χ0v) is 10.9. The topological polar surface area (TPSA) is 55.8 Å². The second-order valence-corrected chi connectivity index (χ2v) is 4.75. The van der Waals surface area contributed by atoms with E-state index in [0.717, 1.165) is 12.8 Å². The first kappa shape index (κ1) is 13.2. The van der Waals surface area contributed by atoms with E-state index in [9.17, 15) is 4.79 Å². The van der Waals surface area contributed by atoms with E-state index in [4.69, 9.17) is 26.2 Å². The summed E-state index contributed by atoms with van der Waals surface area (Å²) in [4.78, 5) is 11.1. The molecular weight excluding hydrogens is 256 g/mol. The quantitative estimate of drug-likeness (QED) is 0.918. The summed E-state index contributed by atoms with van der Waals surface area (Å²) in [5, 5.41) is 9.46. The molecule has 2 rings (SSSR count). The van der Waals surface area contributed by atoms with Gasteiger partial charge in [0.05, 0.1) is 18.8 Å². The molecule has 1 heterocycles. The largest absolute Gasteiger partial charge is 0.490 e. The molecule has 98 valence electrons. The number of aromatic carboxylic acids is 1. The van der Waals surface area contributed by atoms with Gasteiger partial charge in [-0.15, -0.1) is 0 Å². The number of benzene rings is 1. The van der Waals surface area contributed by atoms with Crippen molar-refractivity contribution in [1.82, 2.24) is 0 Å². The van der Waals surface area contributed by atoms with Crippen molar-refractivity contribution < 1.29 is 19.4 Å². The Morgan fingerprint density at radius 2 is 2.11 bits per heavy atom. The van der Waals surface area contributed by atoms with Crippen LogP contribution in [0.4, 0.5) is 0 Å². The third-order valence-electron chi connectivity index (χ3n) is 3.02.